The van der Waals surface area contributed by atoms with E-state index in [0.29, 0.717) is 12.4 Å². The van der Waals surface area contributed by atoms with Gasteiger partial charge in [0.15, 0.2) is 0 Å². The largest absolute Gasteiger partial charge is 0.494 e. The summed E-state index contributed by atoms with van der Waals surface area (Å²) in [6, 6.07) is 7.94. The van der Waals surface area contributed by atoms with Crippen LogP contribution in [0.15, 0.2) is 24.3 Å². The van der Waals surface area contributed by atoms with Gasteiger partial charge in [-0.2, -0.15) is 0 Å². The van der Waals surface area contributed by atoms with Gasteiger partial charge in [0, 0.05) is 19.5 Å². The van der Waals surface area contributed by atoms with Crippen molar-refractivity contribution in [3.05, 3.63) is 29.8 Å². The number of alkyl halides is 1. The molecule has 0 aliphatic rings. The van der Waals surface area contributed by atoms with Gasteiger partial charge in [0.05, 0.1) is 12.0 Å². The molecule has 0 heterocycles. The van der Waals surface area contributed by atoms with Crippen molar-refractivity contribution in [1.82, 2.24) is 4.90 Å². The van der Waals surface area contributed by atoms with Crippen molar-refractivity contribution in [2.45, 2.75) is 46.6 Å². The average Bonchev–Trinajstić information content (AvgIpc) is 2.52. The lowest BCUT2D eigenvalue weighted by Gasteiger charge is -2.27. The van der Waals surface area contributed by atoms with Crippen LogP contribution in [0.25, 0.3) is 0 Å². The highest BCUT2D eigenvalue weighted by Gasteiger charge is 2.29. The van der Waals surface area contributed by atoms with Gasteiger partial charge in [-0.05, 0) is 38.0 Å². The Kier molecular flexibility index (Phi) is 7.74. The smallest absolute Gasteiger partial charge is 0.229 e. The molecule has 0 saturated heterocycles. The fourth-order valence-corrected chi connectivity index (χ4v) is 2.27. The van der Waals surface area contributed by atoms with Crippen LogP contribution in [0.2, 0.25) is 0 Å². The Morgan fingerprint density at radius 2 is 1.86 bits per heavy atom. The highest BCUT2D eigenvalue weighted by atomic mass is 35.5. The quantitative estimate of drug-likeness (QED) is 0.495. The summed E-state index contributed by atoms with van der Waals surface area (Å²) >= 11 is 5.86. The summed E-state index contributed by atoms with van der Waals surface area (Å²) in [5, 5.41) is 0. The summed E-state index contributed by atoms with van der Waals surface area (Å²) in [5.74, 6) is 1.26. The maximum atomic E-state index is 12.3. The molecule has 1 amide bonds. The summed E-state index contributed by atoms with van der Waals surface area (Å²) in [7, 11) is 1.81. The van der Waals surface area contributed by atoms with Crippen molar-refractivity contribution in [3.8, 4) is 5.75 Å². The molecule has 0 unspecified atom stereocenters. The van der Waals surface area contributed by atoms with Crippen molar-refractivity contribution in [2.24, 2.45) is 5.41 Å². The van der Waals surface area contributed by atoms with Gasteiger partial charge in [-0.1, -0.05) is 31.9 Å². The Hall–Kier alpha value is -1.22. The van der Waals surface area contributed by atoms with Crippen LogP contribution in [0, 0.1) is 5.41 Å². The van der Waals surface area contributed by atoms with Crippen LogP contribution in [0.4, 0.5) is 0 Å². The van der Waals surface area contributed by atoms with Crippen molar-refractivity contribution < 1.29 is 9.53 Å². The number of halogens is 1. The van der Waals surface area contributed by atoms with Gasteiger partial charge in [-0.3, -0.25) is 4.79 Å². The monoisotopic (exact) mass is 325 g/mol. The Morgan fingerprint density at radius 1 is 1.23 bits per heavy atom. The van der Waals surface area contributed by atoms with Crippen molar-refractivity contribution in [2.75, 3.05) is 19.5 Å². The first-order chi connectivity index (χ1) is 10.4. The first-order valence-electron chi connectivity index (χ1n) is 7.94. The molecule has 0 atom stereocenters. The molecular weight excluding hydrogens is 298 g/mol. The van der Waals surface area contributed by atoms with Crippen molar-refractivity contribution in [3.63, 3.8) is 0 Å². The summed E-state index contributed by atoms with van der Waals surface area (Å²) < 4.78 is 5.69. The van der Waals surface area contributed by atoms with Gasteiger partial charge in [0.2, 0.25) is 5.91 Å². The zero-order valence-corrected chi connectivity index (χ0v) is 14.9. The summed E-state index contributed by atoms with van der Waals surface area (Å²) in [6.07, 6.45) is 3.48. The number of hydrogen-bond acceptors (Lipinski definition) is 2. The van der Waals surface area contributed by atoms with E-state index in [1.807, 2.05) is 45.2 Å². The zero-order valence-electron chi connectivity index (χ0n) is 14.2. The van der Waals surface area contributed by atoms with Gasteiger partial charge in [0.25, 0.3) is 0 Å². The van der Waals surface area contributed by atoms with Crippen LogP contribution in [-0.2, 0) is 11.3 Å². The SMILES string of the molecule is CCCCCOc1ccc(CN(C)C(=O)C(C)(C)CCl)cc1. The molecule has 0 aliphatic heterocycles. The van der Waals surface area contributed by atoms with E-state index in [1.165, 1.54) is 12.8 Å². The van der Waals surface area contributed by atoms with E-state index in [-0.39, 0.29) is 5.91 Å². The fraction of sp³-hybridized carbons (Fsp3) is 0.611. The second-order valence-electron chi connectivity index (χ2n) is 6.38. The number of nitrogens with zero attached hydrogens (tertiary/aromatic N) is 1. The third-order valence-corrected chi connectivity index (χ3v) is 4.29. The number of unbranched alkanes of at least 4 members (excludes halogenated alkanes) is 2. The third kappa shape index (κ3) is 5.88. The number of amides is 1. The van der Waals surface area contributed by atoms with E-state index in [0.717, 1.165) is 24.3 Å². The second kappa shape index (κ2) is 9.04. The van der Waals surface area contributed by atoms with Gasteiger partial charge in [-0.25, -0.2) is 0 Å². The van der Waals surface area contributed by atoms with E-state index in [1.54, 1.807) is 4.90 Å². The van der Waals surface area contributed by atoms with Crippen LogP contribution in [-0.4, -0.2) is 30.3 Å². The minimum Gasteiger partial charge on any atom is -0.494 e. The Bertz CT molecular complexity index is 457. The maximum Gasteiger partial charge on any atom is 0.229 e. The van der Waals surface area contributed by atoms with Crippen molar-refractivity contribution in [1.29, 1.82) is 0 Å². The summed E-state index contributed by atoms with van der Waals surface area (Å²) in [6.45, 7) is 7.25. The minimum atomic E-state index is -0.529. The lowest BCUT2D eigenvalue weighted by Crippen LogP contribution is -2.39. The Morgan fingerprint density at radius 3 is 2.41 bits per heavy atom. The van der Waals surface area contributed by atoms with Crippen LogP contribution in [0.3, 0.4) is 0 Å². The summed E-state index contributed by atoms with van der Waals surface area (Å²) in [5.41, 5.74) is 0.556. The topological polar surface area (TPSA) is 29.5 Å². The molecule has 0 saturated carbocycles. The molecule has 4 heteroatoms. The molecule has 0 aliphatic carbocycles. The van der Waals surface area contributed by atoms with E-state index >= 15 is 0 Å². The predicted molar refractivity (Wildman–Crippen MR) is 92.4 cm³/mol. The number of rotatable bonds is 9. The zero-order chi connectivity index (χ0) is 16.6. The molecule has 22 heavy (non-hydrogen) atoms. The number of carbonyl (C=O) groups excluding carboxylic acids is 1. The highest BCUT2D eigenvalue weighted by Crippen LogP contribution is 2.21. The van der Waals surface area contributed by atoms with Crippen molar-refractivity contribution >= 4 is 17.5 Å². The normalized spacial score (nSPS) is 11.3. The Balaban J connectivity index is 2.51. The van der Waals surface area contributed by atoms with Gasteiger partial charge >= 0.3 is 0 Å². The van der Waals surface area contributed by atoms with Gasteiger partial charge in [0.1, 0.15) is 5.75 Å². The van der Waals surface area contributed by atoms with Crippen LogP contribution in [0.1, 0.15) is 45.6 Å². The lowest BCUT2D eigenvalue weighted by molar-refractivity contribution is -0.138. The molecule has 124 valence electrons. The second-order valence-corrected chi connectivity index (χ2v) is 6.65. The maximum absolute atomic E-state index is 12.3. The molecular formula is C18H28ClNO2. The minimum absolute atomic E-state index is 0.0578. The van der Waals surface area contributed by atoms with Crippen LogP contribution >= 0.6 is 11.6 Å². The van der Waals surface area contributed by atoms with E-state index in [2.05, 4.69) is 6.92 Å². The average molecular weight is 326 g/mol. The summed E-state index contributed by atoms with van der Waals surface area (Å²) in [4.78, 5) is 14.0. The molecule has 1 aromatic carbocycles. The molecule has 1 aromatic rings. The third-order valence-electron chi connectivity index (χ3n) is 3.62. The number of hydrogen-bond donors (Lipinski definition) is 0. The van der Waals surface area contributed by atoms with Gasteiger partial charge < -0.3 is 9.64 Å². The van der Waals surface area contributed by atoms with E-state index < -0.39 is 5.41 Å². The number of carbonyl (C=O) groups is 1. The standard InChI is InChI=1S/C18H28ClNO2/c1-5-6-7-12-22-16-10-8-15(9-11-16)13-20(4)17(21)18(2,3)14-19/h8-11H,5-7,12-14H2,1-4H3. The van der Waals surface area contributed by atoms with Gasteiger partial charge in [-0.15, -0.1) is 11.6 Å². The molecule has 0 radical (unpaired) electrons. The van der Waals surface area contributed by atoms with E-state index in [9.17, 15) is 4.79 Å². The fourth-order valence-electron chi connectivity index (χ4n) is 2.15. The van der Waals surface area contributed by atoms with Crippen LogP contribution in [0.5, 0.6) is 5.75 Å². The Labute approximate surface area is 139 Å². The predicted octanol–water partition coefficient (Wildman–Crippen LogP) is 4.48. The number of ether oxygens (including phenoxy) is 1. The molecule has 1 rings (SSSR count). The molecule has 3 nitrogen and oxygen atoms in total. The van der Waals surface area contributed by atoms with Crippen LogP contribution < -0.4 is 4.74 Å². The lowest BCUT2D eigenvalue weighted by atomic mass is 9.94. The first kappa shape index (κ1) is 18.8. The molecule has 0 aromatic heterocycles. The molecule has 0 bridgehead atoms. The molecule has 0 fully saturated rings. The first-order valence-corrected chi connectivity index (χ1v) is 8.47. The van der Waals surface area contributed by atoms with E-state index in [4.69, 9.17) is 16.3 Å². The molecule has 0 N–H and O–H groups in total. The molecule has 0 spiro atoms. The highest BCUT2D eigenvalue weighted by molar-refractivity contribution is 6.19. The number of benzene rings is 1.